The molecule has 0 radical (unpaired) electrons. The van der Waals surface area contributed by atoms with Gasteiger partial charge in [0.05, 0.1) is 0 Å². The maximum Gasteiger partial charge on any atom is 0.135 e. The Morgan fingerprint density at radius 3 is 1.93 bits per heavy atom. The average Bonchev–Trinajstić information content (AvgIpc) is 3.86. The minimum absolute atomic E-state index is 0. The van der Waals surface area contributed by atoms with Crippen LogP contribution in [0, 0.1) is 32.6 Å². The van der Waals surface area contributed by atoms with E-state index in [-0.39, 0.29) is 26.5 Å². The molecule has 10 rings (SSSR count). The van der Waals surface area contributed by atoms with Gasteiger partial charge in [-0.2, -0.15) is 6.07 Å². The summed E-state index contributed by atoms with van der Waals surface area (Å²) in [5.41, 5.74) is 18.7. The molecular weight excluding hydrogens is 1020 g/mol. The Hall–Kier alpha value is -6.42. The maximum absolute atomic E-state index is 6.91. The van der Waals surface area contributed by atoms with Crippen LogP contribution in [0.5, 0.6) is 11.5 Å². The van der Waals surface area contributed by atoms with E-state index in [9.17, 15) is 0 Å². The maximum atomic E-state index is 6.91. The van der Waals surface area contributed by atoms with E-state index >= 15 is 0 Å². The molecule has 1 aliphatic rings. The summed E-state index contributed by atoms with van der Waals surface area (Å²) >= 11 is 0. The zero-order valence-electron chi connectivity index (χ0n) is 41.7. The minimum Gasteiger partial charge on any atom is -0.509 e. The molecule has 0 N–H and O–H groups in total. The summed E-state index contributed by atoms with van der Waals surface area (Å²) < 4.78 is 9.11. The molecule has 2 aromatic heterocycles. The zero-order valence-corrected chi connectivity index (χ0v) is 44.0. The van der Waals surface area contributed by atoms with Crippen molar-refractivity contribution in [3.63, 3.8) is 0 Å². The Morgan fingerprint density at radius 2 is 1.25 bits per heavy atom. The Labute approximate surface area is 424 Å². The summed E-state index contributed by atoms with van der Waals surface area (Å²) in [6, 6.07) is 57.8. The molecule has 6 heteroatoms. The third-order valence-corrected chi connectivity index (χ3v) is 13.7. The molecule has 5 nitrogen and oxygen atoms in total. The Bertz CT molecular complexity index is 3330. The first kappa shape index (κ1) is 47.6. The normalized spacial score (nSPS) is 12.7. The van der Waals surface area contributed by atoms with E-state index < -0.39 is 0 Å². The van der Waals surface area contributed by atoms with Gasteiger partial charge in [0.2, 0.25) is 0 Å². The van der Waals surface area contributed by atoms with Gasteiger partial charge in [-0.1, -0.05) is 141 Å². The average molecular weight is 1090 g/mol. The summed E-state index contributed by atoms with van der Waals surface area (Å²) in [6.07, 6.45) is 1.91. The predicted octanol–water partition coefficient (Wildman–Crippen LogP) is 17.6. The number of hydrogen-bond acceptors (Lipinski definition) is 4. The number of aryl methyl sites for hydroxylation is 2. The van der Waals surface area contributed by atoms with Crippen LogP contribution in [0.25, 0.3) is 49.9 Å². The topological polar surface area (TPSA) is 33.5 Å². The smallest absolute Gasteiger partial charge is 0.135 e. The van der Waals surface area contributed by atoms with Gasteiger partial charge < -0.3 is 19.1 Å². The van der Waals surface area contributed by atoms with Crippen LogP contribution in [-0.4, -0.2) is 9.55 Å². The predicted molar refractivity (Wildman–Crippen MR) is 286 cm³/mol. The zero-order chi connectivity index (χ0) is 47.6. The molecule has 0 unspecified atom stereocenters. The molecule has 0 amide bonds. The molecular formula is C63H61N4OPt-3. The van der Waals surface area contributed by atoms with Crippen LogP contribution in [-0.2, 0) is 26.5 Å². The largest absolute Gasteiger partial charge is 0.509 e. The molecule has 0 spiro atoms. The fourth-order valence-corrected chi connectivity index (χ4v) is 9.72. The molecule has 352 valence electrons. The van der Waals surface area contributed by atoms with E-state index in [1.165, 1.54) is 44.5 Å². The second-order valence-electron chi connectivity index (χ2n) is 20.5. The molecule has 0 saturated carbocycles. The number of para-hydroxylation sites is 1. The van der Waals surface area contributed by atoms with Crippen molar-refractivity contribution in [3.8, 4) is 39.6 Å². The quantitative estimate of drug-likeness (QED) is 0.128. The molecule has 1 aliphatic heterocycles. The fraction of sp³-hybridized carbons (Fsp3) is 0.238. The van der Waals surface area contributed by atoms with Gasteiger partial charge in [0.15, 0.2) is 0 Å². The number of rotatable bonds is 10. The summed E-state index contributed by atoms with van der Waals surface area (Å²) in [4.78, 5) is 9.51. The van der Waals surface area contributed by atoms with Gasteiger partial charge in [0, 0.05) is 61.3 Å². The van der Waals surface area contributed by atoms with Crippen LogP contribution in [0.15, 0.2) is 146 Å². The van der Waals surface area contributed by atoms with E-state index in [0.29, 0.717) is 29.3 Å². The number of nitrogens with zero attached hydrogens (tertiary/aromatic N) is 4. The first-order valence-corrected chi connectivity index (χ1v) is 24.2. The van der Waals surface area contributed by atoms with Crippen molar-refractivity contribution in [2.75, 3.05) is 9.80 Å². The van der Waals surface area contributed by atoms with E-state index in [1.807, 2.05) is 12.3 Å². The number of ether oxygens (including phenoxy) is 1. The van der Waals surface area contributed by atoms with Crippen molar-refractivity contribution in [2.45, 2.75) is 99.3 Å². The number of pyridine rings is 1. The van der Waals surface area contributed by atoms with E-state index in [1.54, 1.807) is 0 Å². The third-order valence-electron chi connectivity index (χ3n) is 13.7. The first-order valence-electron chi connectivity index (χ1n) is 24.2. The van der Waals surface area contributed by atoms with Gasteiger partial charge in [-0.15, -0.1) is 53.6 Å². The van der Waals surface area contributed by atoms with Crippen LogP contribution in [0.4, 0.5) is 22.7 Å². The second kappa shape index (κ2) is 18.8. The number of aromatic nitrogens is 2. The summed E-state index contributed by atoms with van der Waals surface area (Å²) in [5.74, 6) is 3.25. The summed E-state index contributed by atoms with van der Waals surface area (Å²) in [6.45, 7) is 27.2. The Balaban J connectivity index is 0.00000593. The van der Waals surface area contributed by atoms with Gasteiger partial charge in [0.1, 0.15) is 5.82 Å². The van der Waals surface area contributed by atoms with Gasteiger partial charge in [-0.25, -0.2) is 4.98 Å². The van der Waals surface area contributed by atoms with Gasteiger partial charge in [0.25, 0.3) is 0 Å². The van der Waals surface area contributed by atoms with Crippen LogP contribution in [0.3, 0.4) is 0 Å². The minimum atomic E-state index is -0.0350. The molecule has 0 fully saturated rings. The molecule has 0 bridgehead atoms. The van der Waals surface area contributed by atoms with Crippen molar-refractivity contribution in [1.29, 1.82) is 0 Å². The number of benzene rings is 7. The second-order valence-corrected chi connectivity index (χ2v) is 20.5. The summed E-state index contributed by atoms with van der Waals surface area (Å²) in [5, 5.41) is 2.23. The molecule has 69 heavy (non-hydrogen) atoms. The number of anilines is 4. The van der Waals surface area contributed by atoms with Gasteiger partial charge in [-0.3, -0.25) is 0 Å². The Morgan fingerprint density at radius 1 is 0.580 bits per heavy atom. The van der Waals surface area contributed by atoms with Crippen LogP contribution in [0.2, 0.25) is 0 Å². The number of hydrogen-bond donors (Lipinski definition) is 0. The van der Waals surface area contributed by atoms with Crippen LogP contribution in [0.1, 0.15) is 113 Å². The van der Waals surface area contributed by atoms with Crippen molar-refractivity contribution >= 4 is 44.6 Å². The SMILES string of the molecule is Cc1cc2c(cc1C)N(c1cccc(-c3c(C(C)C)cc(C(C)C)cc3C(C)C)c1)[CH-]N2c1[c-]c(Oc2[c-]c3c(cc2)c2ccccc2n3-c2cc(C(C)(C)C)ccn2)cc(-c2ccccc2)c1.[Pt]. The van der Waals surface area contributed by atoms with Gasteiger partial charge in [-0.05, 0) is 135 Å². The third kappa shape index (κ3) is 9.03. The first-order chi connectivity index (χ1) is 32.6. The van der Waals surface area contributed by atoms with Crippen molar-refractivity contribution in [1.82, 2.24) is 9.55 Å². The molecule has 0 aliphatic carbocycles. The van der Waals surface area contributed by atoms with Gasteiger partial charge >= 0.3 is 0 Å². The summed E-state index contributed by atoms with van der Waals surface area (Å²) in [7, 11) is 0. The monoisotopic (exact) mass is 1080 g/mol. The van der Waals surface area contributed by atoms with Crippen molar-refractivity contribution in [3.05, 3.63) is 198 Å². The van der Waals surface area contributed by atoms with Crippen molar-refractivity contribution < 1.29 is 25.8 Å². The standard InChI is InChI=1S/C63H61N4O.Pt/c1-39(2)46-33-55(40(3)4)62(56(34-46)41(5)6)45-20-17-21-49(30-45)65-38-66(60-29-43(8)42(7)28-59(60)65)50-31-47(44-18-13-12-14-19-44)32-52(36-50)68-51-24-25-54-53-22-15-16-23-57(53)67(58(54)37-51)61-35-48(26-27-64-61)63(9,10)11;/h12-35,38-41H,1-11H3;/q-3;. The molecule has 7 aromatic carbocycles. The molecule has 9 aromatic rings. The molecule has 0 saturated heterocycles. The molecule has 3 heterocycles. The van der Waals surface area contributed by atoms with Crippen LogP contribution < -0.4 is 14.5 Å². The van der Waals surface area contributed by atoms with E-state index in [4.69, 9.17) is 9.72 Å². The number of fused-ring (bicyclic) bond motifs is 4. The van der Waals surface area contributed by atoms with E-state index in [2.05, 4.69) is 243 Å². The van der Waals surface area contributed by atoms with Crippen LogP contribution >= 0.6 is 0 Å². The molecule has 0 atom stereocenters. The van der Waals surface area contributed by atoms with E-state index in [0.717, 1.165) is 61.5 Å². The fourth-order valence-electron chi connectivity index (χ4n) is 9.72. The Kier molecular flexibility index (Phi) is 13.0. The van der Waals surface area contributed by atoms with Crippen molar-refractivity contribution in [2.24, 2.45) is 0 Å².